The van der Waals surface area contributed by atoms with E-state index in [0.717, 1.165) is 23.3 Å². The van der Waals surface area contributed by atoms with Gasteiger partial charge in [0.1, 0.15) is 12.5 Å². The van der Waals surface area contributed by atoms with Crippen LogP contribution in [0.3, 0.4) is 0 Å². The van der Waals surface area contributed by atoms with Crippen LogP contribution in [0.25, 0.3) is 0 Å². The van der Waals surface area contributed by atoms with Gasteiger partial charge in [0.15, 0.2) is 0 Å². The van der Waals surface area contributed by atoms with Gasteiger partial charge < -0.3 is 9.47 Å². The third-order valence-corrected chi connectivity index (χ3v) is 6.08. The summed E-state index contributed by atoms with van der Waals surface area (Å²) in [7, 11) is 1.42. The molecule has 6 nitrogen and oxygen atoms in total. The molecule has 10 heteroatoms. The lowest BCUT2D eigenvalue weighted by molar-refractivity contribution is -0.274. The molecule has 4 rings (SSSR count). The largest absolute Gasteiger partial charge is 0.573 e. The second-order valence-electron chi connectivity index (χ2n) is 8.38. The van der Waals surface area contributed by atoms with Crippen molar-refractivity contribution in [2.45, 2.75) is 18.7 Å². The number of hydrazone groups is 1. The number of amides is 2. The van der Waals surface area contributed by atoms with Gasteiger partial charge in [0, 0.05) is 17.8 Å². The van der Waals surface area contributed by atoms with E-state index in [4.69, 9.17) is 21.4 Å². The standard InChI is InChI=1S/C26H23ClF3N3O3/c1-25(19-6-4-3-5-7-19)16-33(31-23(25)18-8-10-20(27)11-9-18)24(34)32(17-35-2)21-12-14-22(15-13-21)36-26(28,29)30/h3-15H,16-17H2,1-2H3. The van der Waals surface area contributed by atoms with Crippen molar-refractivity contribution in [3.8, 4) is 5.75 Å². The van der Waals surface area contributed by atoms with Gasteiger partial charge in [-0.15, -0.1) is 13.2 Å². The number of carbonyl (C=O) groups excluding carboxylic acids is 1. The summed E-state index contributed by atoms with van der Waals surface area (Å²) in [5, 5.41) is 6.62. The van der Waals surface area contributed by atoms with Gasteiger partial charge in [0.05, 0.1) is 17.7 Å². The number of nitrogens with zero attached hydrogens (tertiary/aromatic N) is 3. The Hall–Kier alpha value is -3.56. The van der Waals surface area contributed by atoms with Crippen LogP contribution in [0.4, 0.5) is 23.7 Å². The first-order valence-electron chi connectivity index (χ1n) is 10.9. The molecule has 1 atom stereocenters. The predicted octanol–water partition coefficient (Wildman–Crippen LogP) is 6.45. The number of urea groups is 1. The molecular weight excluding hydrogens is 495 g/mol. The van der Waals surface area contributed by atoms with Gasteiger partial charge in [-0.1, -0.05) is 54.1 Å². The Kier molecular flexibility index (Phi) is 7.23. The lowest BCUT2D eigenvalue weighted by Crippen LogP contribution is -2.44. The van der Waals surface area contributed by atoms with Crippen LogP contribution in [0.2, 0.25) is 5.02 Å². The SMILES string of the molecule is COCN(C(=O)N1CC(C)(c2ccccc2)C(c2ccc(Cl)cc2)=N1)c1ccc(OC(F)(F)F)cc1. The van der Waals surface area contributed by atoms with E-state index in [9.17, 15) is 18.0 Å². The zero-order valence-corrected chi connectivity index (χ0v) is 20.3. The molecule has 0 bridgehead atoms. The smallest absolute Gasteiger partial charge is 0.406 e. The fourth-order valence-corrected chi connectivity index (χ4v) is 4.23. The molecule has 0 N–H and O–H groups in total. The minimum atomic E-state index is -4.81. The van der Waals surface area contributed by atoms with Crippen molar-refractivity contribution in [3.05, 3.63) is 95.0 Å². The van der Waals surface area contributed by atoms with Crippen LogP contribution in [-0.4, -0.2) is 43.5 Å². The average molecular weight is 518 g/mol. The van der Waals surface area contributed by atoms with Crippen LogP contribution in [-0.2, 0) is 10.2 Å². The van der Waals surface area contributed by atoms with Crippen molar-refractivity contribution in [3.63, 3.8) is 0 Å². The number of carbonyl (C=O) groups is 1. The Morgan fingerprint density at radius 3 is 2.28 bits per heavy atom. The van der Waals surface area contributed by atoms with E-state index in [2.05, 4.69) is 4.74 Å². The van der Waals surface area contributed by atoms with E-state index >= 15 is 0 Å². The summed E-state index contributed by atoms with van der Waals surface area (Å²) in [5.41, 5.74) is 2.17. The van der Waals surface area contributed by atoms with Crippen molar-refractivity contribution >= 4 is 29.0 Å². The van der Waals surface area contributed by atoms with Crippen LogP contribution in [0.5, 0.6) is 5.75 Å². The van der Waals surface area contributed by atoms with Crippen LogP contribution in [0.15, 0.2) is 84.0 Å². The number of anilines is 1. The third kappa shape index (κ3) is 5.47. The van der Waals surface area contributed by atoms with Gasteiger partial charge >= 0.3 is 12.4 Å². The van der Waals surface area contributed by atoms with Gasteiger partial charge in [0.2, 0.25) is 0 Å². The fourth-order valence-electron chi connectivity index (χ4n) is 4.11. The number of benzene rings is 3. The zero-order chi connectivity index (χ0) is 25.9. The Morgan fingerprint density at radius 2 is 1.69 bits per heavy atom. The van der Waals surface area contributed by atoms with Crippen molar-refractivity contribution in [1.82, 2.24) is 5.01 Å². The van der Waals surface area contributed by atoms with E-state index in [-0.39, 0.29) is 13.3 Å². The van der Waals surface area contributed by atoms with E-state index in [1.54, 1.807) is 12.1 Å². The number of rotatable bonds is 6. The van der Waals surface area contributed by atoms with E-state index in [1.165, 1.54) is 29.2 Å². The topological polar surface area (TPSA) is 54.4 Å². The number of methoxy groups -OCH3 is 1. The minimum Gasteiger partial charge on any atom is -0.406 e. The number of ether oxygens (including phenoxy) is 2. The van der Waals surface area contributed by atoms with Crippen LogP contribution in [0.1, 0.15) is 18.1 Å². The molecule has 0 aliphatic carbocycles. The normalized spacial score (nSPS) is 17.6. The third-order valence-electron chi connectivity index (χ3n) is 5.83. The summed E-state index contributed by atoms with van der Waals surface area (Å²) in [6.07, 6.45) is -4.81. The molecule has 3 aromatic rings. The molecule has 3 aromatic carbocycles. The number of alkyl halides is 3. The van der Waals surface area contributed by atoms with E-state index in [1.807, 2.05) is 49.4 Å². The fraction of sp³-hybridized carbons (Fsp3) is 0.231. The molecule has 2 amide bonds. The van der Waals surface area contributed by atoms with Gasteiger partial charge in [-0.3, -0.25) is 4.90 Å². The maximum Gasteiger partial charge on any atom is 0.573 e. The summed E-state index contributed by atoms with van der Waals surface area (Å²) in [6.45, 7) is 2.11. The molecule has 0 spiro atoms. The molecule has 0 saturated carbocycles. The second-order valence-corrected chi connectivity index (χ2v) is 8.82. The molecule has 1 unspecified atom stereocenters. The van der Waals surface area contributed by atoms with E-state index in [0.29, 0.717) is 16.4 Å². The summed E-state index contributed by atoms with van der Waals surface area (Å²) >= 11 is 6.08. The molecule has 1 heterocycles. The number of hydrogen-bond donors (Lipinski definition) is 0. The zero-order valence-electron chi connectivity index (χ0n) is 19.5. The van der Waals surface area contributed by atoms with Gasteiger partial charge in [-0.25, -0.2) is 9.80 Å². The van der Waals surface area contributed by atoms with Crippen molar-refractivity contribution in [2.24, 2.45) is 5.10 Å². The first kappa shape index (κ1) is 25.5. The molecule has 36 heavy (non-hydrogen) atoms. The minimum absolute atomic E-state index is 0.136. The van der Waals surface area contributed by atoms with Gasteiger partial charge in [0.25, 0.3) is 0 Å². The molecular formula is C26H23ClF3N3O3. The van der Waals surface area contributed by atoms with Gasteiger partial charge in [-0.2, -0.15) is 5.10 Å². The summed E-state index contributed by atoms with van der Waals surface area (Å²) in [5.74, 6) is -0.392. The van der Waals surface area contributed by atoms with Crippen LogP contribution < -0.4 is 9.64 Å². The maximum absolute atomic E-state index is 13.6. The van der Waals surface area contributed by atoms with Crippen molar-refractivity contribution < 1.29 is 27.4 Å². The highest BCUT2D eigenvalue weighted by molar-refractivity contribution is 6.30. The Labute approximate surface area is 211 Å². The first-order chi connectivity index (χ1) is 17.1. The Balaban J connectivity index is 1.68. The summed E-state index contributed by atoms with van der Waals surface area (Å²) < 4.78 is 46.7. The second kappa shape index (κ2) is 10.2. The molecule has 1 aliphatic rings. The molecule has 0 saturated heterocycles. The monoisotopic (exact) mass is 517 g/mol. The number of hydrogen-bond acceptors (Lipinski definition) is 4. The summed E-state index contributed by atoms with van der Waals surface area (Å²) in [4.78, 5) is 14.9. The highest BCUT2D eigenvalue weighted by atomic mass is 35.5. The molecule has 0 fully saturated rings. The van der Waals surface area contributed by atoms with Gasteiger partial charge in [-0.05, 0) is 54.4 Å². The highest BCUT2D eigenvalue weighted by Crippen LogP contribution is 2.36. The lowest BCUT2D eigenvalue weighted by atomic mass is 9.76. The van der Waals surface area contributed by atoms with Crippen LogP contribution in [0, 0.1) is 0 Å². The maximum atomic E-state index is 13.6. The van der Waals surface area contributed by atoms with Crippen molar-refractivity contribution in [1.29, 1.82) is 0 Å². The molecule has 0 radical (unpaired) electrons. The highest BCUT2D eigenvalue weighted by Gasteiger charge is 2.44. The number of halogens is 4. The quantitative estimate of drug-likeness (QED) is 0.353. The molecule has 1 aliphatic heterocycles. The van der Waals surface area contributed by atoms with E-state index < -0.39 is 23.6 Å². The first-order valence-corrected chi connectivity index (χ1v) is 11.3. The molecule has 0 aromatic heterocycles. The van der Waals surface area contributed by atoms with Crippen LogP contribution >= 0.6 is 11.6 Å². The average Bonchev–Trinajstić information content (AvgIpc) is 3.21. The molecule has 188 valence electrons. The Morgan fingerprint density at radius 1 is 1.06 bits per heavy atom. The van der Waals surface area contributed by atoms with Crippen molar-refractivity contribution in [2.75, 3.05) is 25.3 Å². The lowest BCUT2D eigenvalue weighted by Gasteiger charge is -2.29. The Bertz CT molecular complexity index is 1240. The summed E-state index contributed by atoms with van der Waals surface area (Å²) in [6, 6.07) is 21.4. The predicted molar refractivity (Wildman–Crippen MR) is 131 cm³/mol.